The monoisotopic (exact) mass is 219 g/mol. The molecule has 1 amide bonds. The molecule has 8 nitrogen and oxygen atoms in total. The zero-order valence-electron chi connectivity index (χ0n) is 5.91. The van der Waals surface area contributed by atoms with Crippen molar-refractivity contribution < 1.29 is 32.8 Å². The molecule has 0 aliphatic carbocycles. The Bertz CT molecular complexity index is 168. The molecule has 10 heteroatoms. The van der Waals surface area contributed by atoms with Crippen molar-refractivity contribution in [3.8, 4) is 0 Å². The van der Waals surface area contributed by atoms with Crippen molar-refractivity contribution in [3.63, 3.8) is 0 Å². The fourth-order valence-corrected chi connectivity index (χ4v) is 0.538. The van der Waals surface area contributed by atoms with Gasteiger partial charge in [-0.15, -0.1) is 9.79 Å². The van der Waals surface area contributed by atoms with Gasteiger partial charge < -0.3 is 10.5 Å². The molecule has 2 atom stereocenters. The van der Waals surface area contributed by atoms with E-state index in [-0.39, 0.29) is 0 Å². The smallest absolute Gasteiger partial charge is 0.453 e. The van der Waals surface area contributed by atoms with Crippen LogP contribution in [0.3, 0.4) is 0 Å². The summed E-state index contributed by atoms with van der Waals surface area (Å²) in [4.78, 5) is 24.7. The fourth-order valence-electron chi connectivity index (χ4n) is 0.0598. The van der Waals surface area contributed by atoms with E-state index in [1.807, 2.05) is 0 Å². The molecule has 70 valence electrons. The topological polar surface area (TPSA) is 136 Å². The van der Waals surface area contributed by atoms with E-state index in [2.05, 4.69) is 14.8 Å². The Labute approximate surface area is 69.2 Å². The Morgan fingerprint density at radius 3 is 1.58 bits per heavy atom. The fraction of sp³-hybridized carbons (Fsp3) is 0.500. The number of ether oxygens (including phenoxy) is 1. The van der Waals surface area contributed by atoms with Gasteiger partial charge in [-0.25, -0.2) is 4.79 Å². The van der Waals surface area contributed by atoms with Crippen molar-refractivity contribution in [1.29, 1.82) is 0 Å². The van der Waals surface area contributed by atoms with Crippen LogP contribution >= 0.6 is 16.5 Å². The van der Waals surface area contributed by atoms with Crippen LogP contribution in [0.15, 0.2) is 0 Å². The molecule has 2 unspecified atom stereocenters. The third-order valence-corrected chi connectivity index (χ3v) is 1.46. The molecule has 0 aromatic heterocycles. The lowest BCUT2D eigenvalue weighted by molar-refractivity contribution is 0.182. The van der Waals surface area contributed by atoms with Crippen LogP contribution in [0.1, 0.15) is 0 Å². The molecule has 0 saturated heterocycles. The molecular weight excluding hydrogens is 212 g/mol. The summed E-state index contributed by atoms with van der Waals surface area (Å²) >= 11 is 0. The maximum Gasteiger partial charge on any atom is 0.745 e. The van der Waals surface area contributed by atoms with Crippen molar-refractivity contribution in [3.05, 3.63) is 0 Å². The predicted octanol–water partition coefficient (Wildman–Crippen LogP) is 0.0139. The molecule has 0 aromatic carbocycles. The highest BCUT2D eigenvalue weighted by Crippen LogP contribution is 2.30. The van der Waals surface area contributed by atoms with E-state index in [4.69, 9.17) is 9.79 Å². The van der Waals surface area contributed by atoms with Gasteiger partial charge in [-0.2, -0.15) is 0 Å². The quantitative estimate of drug-likeness (QED) is 0.556. The maximum atomic E-state index is 9.39. The molecule has 0 saturated carbocycles. The van der Waals surface area contributed by atoms with Crippen LogP contribution in [-0.4, -0.2) is 23.0 Å². The van der Waals surface area contributed by atoms with Gasteiger partial charge in [0.15, 0.2) is 4.31 Å². The molecule has 0 aromatic rings. The summed E-state index contributed by atoms with van der Waals surface area (Å²) in [5, 5.41) is 0. The highest BCUT2D eigenvalue weighted by Gasteiger charge is 2.31. The second-order valence-electron chi connectivity index (χ2n) is 1.08. The number of carbonyl (C=O) groups excluding carboxylic acids is 1. The first kappa shape index (κ1) is 13.9. The number of amides is 1. The Kier molecular flexibility index (Phi) is 9.79. The van der Waals surface area contributed by atoms with Crippen molar-refractivity contribution in [2.45, 2.75) is 0 Å². The summed E-state index contributed by atoms with van der Waals surface area (Å²) in [6.07, 6.45) is -0.745. The SMILES string of the molecule is COC(N)=O.O=[P+](O)O[P+](=O)O. The van der Waals surface area contributed by atoms with E-state index >= 15 is 0 Å². The number of primary amides is 1. The molecule has 0 bridgehead atoms. The van der Waals surface area contributed by atoms with Crippen LogP contribution in [0.25, 0.3) is 0 Å². The van der Waals surface area contributed by atoms with E-state index in [0.717, 1.165) is 0 Å². The third kappa shape index (κ3) is 22.8. The minimum Gasteiger partial charge on any atom is -0.453 e. The summed E-state index contributed by atoms with van der Waals surface area (Å²) in [5.74, 6) is 0. The number of carbonyl (C=O) groups is 1. The van der Waals surface area contributed by atoms with Gasteiger partial charge in [0.25, 0.3) is 0 Å². The number of hydrogen-bond acceptors (Lipinski definition) is 5. The molecule has 0 aliphatic heterocycles. The molecular formula is C2H7NO7P2+2. The molecule has 0 heterocycles. The van der Waals surface area contributed by atoms with Gasteiger partial charge in [0.1, 0.15) is 0 Å². The van der Waals surface area contributed by atoms with Crippen LogP contribution in [-0.2, 0) is 18.2 Å². The summed E-state index contributed by atoms with van der Waals surface area (Å²) in [5.41, 5.74) is 4.43. The lowest BCUT2D eigenvalue weighted by atomic mass is 11.3. The van der Waals surface area contributed by atoms with Gasteiger partial charge in [0.2, 0.25) is 0 Å². The van der Waals surface area contributed by atoms with Crippen molar-refractivity contribution in [2.24, 2.45) is 5.73 Å². The van der Waals surface area contributed by atoms with Crippen molar-refractivity contribution >= 4 is 22.6 Å². The molecule has 0 aliphatic rings. The number of methoxy groups -OCH3 is 1. The zero-order valence-corrected chi connectivity index (χ0v) is 7.70. The first-order valence-electron chi connectivity index (χ1n) is 2.24. The standard InChI is InChI=1S/C2H5NO2.O5P2/c1-5-2(3)4;1-6(2)5-7(3)4/h1H3,(H2,3,4);/p+2. The van der Waals surface area contributed by atoms with Gasteiger partial charge in [0.05, 0.1) is 7.11 Å². The first-order valence-corrected chi connectivity index (χ1v) is 4.50. The zero-order chi connectivity index (χ0) is 10.1. The summed E-state index contributed by atoms with van der Waals surface area (Å²) in [7, 11) is -4.62. The lowest BCUT2D eigenvalue weighted by Crippen LogP contribution is -2.08. The molecule has 12 heavy (non-hydrogen) atoms. The molecule has 4 N–H and O–H groups in total. The third-order valence-electron chi connectivity index (χ3n) is 0.341. The van der Waals surface area contributed by atoms with Gasteiger partial charge in [-0.05, 0) is 0 Å². The van der Waals surface area contributed by atoms with E-state index in [1.54, 1.807) is 0 Å². The average molecular weight is 219 g/mol. The normalized spacial score (nSPS) is 10.6. The van der Waals surface area contributed by atoms with Gasteiger partial charge >= 0.3 is 22.6 Å². The number of nitrogens with two attached hydrogens (primary N) is 1. The van der Waals surface area contributed by atoms with Crippen LogP contribution in [0, 0.1) is 0 Å². The second-order valence-corrected chi connectivity index (χ2v) is 2.69. The average Bonchev–Trinajstić information content (AvgIpc) is 1.85. The lowest BCUT2D eigenvalue weighted by Gasteiger charge is -1.81. The minimum atomic E-state index is -2.92. The Morgan fingerprint density at radius 2 is 1.58 bits per heavy atom. The van der Waals surface area contributed by atoms with E-state index in [1.165, 1.54) is 7.11 Å². The maximum absolute atomic E-state index is 9.39. The van der Waals surface area contributed by atoms with Gasteiger partial charge in [-0.1, -0.05) is 0 Å². The van der Waals surface area contributed by atoms with E-state index in [9.17, 15) is 13.9 Å². The van der Waals surface area contributed by atoms with E-state index in [0.29, 0.717) is 0 Å². The van der Waals surface area contributed by atoms with E-state index < -0.39 is 22.6 Å². The Morgan fingerprint density at radius 1 is 1.33 bits per heavy atom. The summed E-state index contributed by atoms with van der Waals surface area (Å²) in [6.45, 7) is 0. The van der Waals surface area contributed by atoms with Crippen LogP contribution < -0.4 is 5.73 Å². The number of rotatable bonds is 2. The van der Waals surface area contributed by atoms with Crippen LogP contribution in [0.4, 0.5) is 4.79 Å². The molecule has 0 fully saturated rings. The summed E-state index contributed by atoms with van der Waals surface area (Å²) in [6, 6.07) is 0. The Hall–Kier alpha value is -0.650. The Balaban J connectivity index is 0. The van der Waals surface area contributed by atoms with Crippen LogP contribution in [0.2, 0.25) is 0 Å². The summed E-state index contributed by atoms with van der Waals surface area (Å²) < 4.78 is 26.1. The highest BCUT2D eigenvalue weighted by molar-refractivity contribution is 7.46. The molecule has 0 rings (SSSR count). The minimum absolute atomic E-state index is 0.745. The second kappa shape index (κ2) is 8.45. The van der Waals surface area contributed by atoms with Crippen molar-refractivity contribution in [1.82, 2.24) is 0 Å². The predicted molar refractivity (Wildman–Crippen MR) is 37.3 cm³/mol. The number of hydrogen-bond donors (Lipinski definition) is 3. The first-order chi connectivity index (χ1) is 5.40. The molecule has 0 spiro atoms. The van der Waals surface area contributed by atoms with Crippen LogP contribution in [0.5, 0.6) is 0 Å². The highest BCUT2D eigenvalue weighted by atomic mass is 31.2. The largest absolute Gasteiger partial charge is 0.745 e. The van der Waals surface area contributed by atoms with Gasteiger partial charge in [-0.3, -0.25) is 0 Å². The molecule has 0 radical (unpaired) electrons. The van der Waals surface area contributed by atoms with Gasteiger partial charge in [0, 0.05) is 9.13 Å². The van der Waals surface area contributed by atoms with Crippen molar-refractivity contribution in [2.75, 3.05) is 7.11 Å².